The molecule has 1 atom stereocenters. The smallest absolute Gasteiger partial charge is 0.320 e. The van der Waals surface area contributed by atoms with E-state index >= 15 is 0 Å². The van der Waals surface area contributed by atoms with E-state index in [1.165, 1.54) is 0 Å². The molecule has 2 aliphatic heterocycles. The Balaban J connectivity index is 1.48. The summed E-state index contributed by atoms with van der Waals surface area (Å²) in [5.41, 5.74) is 0.861. The highest BCUT2D eigenvalue weighted by Gasteiger charge is 2.32. The Morgan fingerprint density at radius 2 is 2.13 bits per heavy atom. The topological polar surface area (TPSA) is 68.4 Å². The Labute approximate surface area is 135 Å². The van der Waals surface area contributed by atoms with Crippen molar-refractivity contribution in [2.75, 3.05) is 38.1 Å². The number of hydrogen-bond donors (Lipinski definition) is 1. The molecule has 4 heterocycles. The van der Waals surface area contributed by atoms with Crippen LogP contribution >= 0.6 is 0 Å². The van der Waals surface area contributed by atoms with Crippen LogP contribution in [0.5, 0.6) is 0 Å². The van der Waals surface area contributed by atoms with Crippen LogP contribution in [0.3, 0.4) is 0 Å². The summed E-state index contributed by atoms with van der Waals surface area (Å²) in [5.74, 6) is 0.959. The maximum Gasteiger partial charge on any atom is 0.320 e. The van der Waals surface area contributed by atoms with Crippen LogP contribution in [0.2, 0.25) is 0 Å². The number of carbonyl (C=O) groups excluding carboxylic acids is 1. The fourth-order valence-electron chi connectivity index (χ4n) is 3.65. The number of likely N-dealkylation sites (tertiary alicyclic amines) is 1. The van der Waals surface area contributed by atoms with Crippen LogP contribution in [-0.4, -0.2) is 70.1 Å². The van der Waals surface area contributed by atoms with Gasteiger partial charge in [-0.1, -0.05) is 0 Å². The van der Waals surface area contributed by atoms with Crippen molar-refractivity contribution < 1.29 is 4.79 Å². The Kier molecular flexibility index (Phi) is 3.55. The third-order valence-corrected chi connectivity index (χ3v) is 5.02. The third kappa shape index (κ3) is 2.50. The Morgan fingerprint density at radius 1 is 1.30 bits per heavy atom. The van der Waals surface area contributed by atoms with E-state index in [-0.39, 0.29) is 12.1 Å². The van der Waals surface area contributed by atoms with E-state index in [2.05, 4.69) is 19.9 Å². The second-order valence-corrected chi connectivity index (χ2v) is 6.41. The van der Waals surface area contributed by atoms with Crippen LogP contribution in [0.25, 0.3) is 11.0 Å². The van der Waals surface area contributed by atoms with E-state index in [4.69, 9.17) is 0 Å². The molecule has 2 aliphatic rings. The molecule has 2 aromatic heterocycles. The predicted octanol–water partition coefficient (Wildman–Crippen LogP) is 1.68. The van der Waals surface area contributed by atoms with Crippen LogP contribution in [0.15, 0.2) is 18.6 Å². The fraction of sp³-hybridized carbons (Fsp3) is 0.562. The largest absolute Gasteiger partial charge is 0.354 e. The minimum absolute atomic E-state index is 0.170. The van der Waals surface area contributed by atoms with Gasteiger partial charge in [0, 0.05) is 39.4 Å². The number of H-pyrrole nitrogens is 1. The molecule has 7 nitrogen and oxygen atoms in total. The molecule has 2 aromatic rings. The van der Waals surface area contributed by atoms with E-state index in [0.29, 0.717) is 0 Å². The monoisotopic (exact) mass is 314 g/mol. The Hall–Kier alpha value is -2.31. The normalized spacial score (nSPS) is 21.3. The number of rotatable bonds is 2. The highest BCUT2D eigenvalue weighted by molar-refractivity contribution is 5.87. The highest BCUT2D eigenvalue weighted by atomic mass is 16.2. The molecule has 0 radical (unpaired) electrons. The molecule has 0 spiro atoms. The molecule has 122 valence electrons. The van der Waals surface area contributed by atoms with Gasteiger partial charge in [-0.2, -0.15) is 0 Å². The predicted molar refractivity (Wildman–Crippen MR) is 88.5 cm³/mol. The quantitative estimate of drug-likeness (QED) is 0.916. The first kappa shape index (κ1) is 14.3. The molecule has 0 bridgehead atoms. The van der Waals surface area contributed by atoms with Crippen molar-refractivity contribution in [1.29, 1.82) is 0 Å². The van der Waals surface area contributed by atoms with Crippen LogP contribution in [-0.2, 0) is 0 Å². The molecule has 4 rings (SSSR count). The van der Waals surface area contributed by atoms with Gasteiger partial charge in [-0.15, -0.1) is 0 Å². The standard InChI is InChI=1S/C16H22N6O/c1-20(16(23)21-7-2-3-8-21)12-5-9-22(10-12)15-13-4-6-17-14(13)18-11-19-15/h4,6,11-12H,2-3,5,7-10H2,1H3,(H,17,18,19)/t12-/m1/s1. The average molecular weight is 314 g/mol. The number of anilines is 1. The molecule has 7 heteroatoms. The maximum atomic E-state index is 12.5. The molecule has 0 saturated carbocycles. The molecule has 2 amide bonds. The van der Waals surface area contributed by atoms with E-state index in [1.807, 2.05) is 29.1 Å². The van der Waals surface area contributed by atoms with Crippen LogP contribution in [0, 0.1) is 0 Å². The second kappa shape index (κ2) is 5.72. The van der Waals surface area contributed by atoms with Gasteiger partial charge in [-0.05, 0) is 25.3 Å². The Morgan fingerprint density at radius 3 is 2.96 bits per heavy atom. The zero-order chi connectivity index (χ0) is 15.8. The maximum absolute atomic E-state index is 12.5. The van der Waals surface area contributed by atoms with E-state index in [0.717, 1.165) is 62.3 Å². The summed E-state index contributed by atoms with van der Waals surface area (Å²) < 4.78 is 0. The summed E-state index contributed by atoms with van der Waals surface area (Å²) in [5, 5.41) is 1.04. The second-order valence-electron chi connectivity index (χ2n) is 6.41. The SMILES string of the molecule is CN(C(=O)N1CCCC1)[C@@H]1CCN(c2ncnc3[nH]ccc23)C1. The van der Waals surface area contributed by atoms with Crippen molar-refractivity contribution in [3.8, 4) is 0 Å². The van der Waals surface area contributed by atoms with Crippen LogP contribution in [0.4, 0.5) is 10.6 Å². The van der Waals surface area contributed by atoms with Crippen LogP contribution in [0.1, 0.15) is 19.3 Å². The molecular weight excluding hydrogens is 292 g/mol. The first-order valence-electron chi connectivity index (χ1n) is 8.29. The first-order valence-corrected chi connectivity index (χ1v) is 8.29. The van der Waals surface area contributed by atoms with Crippen molar-refractivity contribution in [3.05, 3.63) is 18.6 Å². The minimum Gasteiger partial charge on any atom is -0.354 e. The van der Waals surface area contributed by atoms with Crippen molar-refractivity contribution in [1.82, 2.24) is 24.8 Å². The Bertz CT molecular complexity index is 707. The molecule has 1 N–H and O–H groups in total. The summed E-state index contributed by atoms with van der Waals surface area (Å²) >= 11 is 0. The molecule has 2 fully saturated rings. The van der Waals surface area contributed by atoms with Gasteiger partial charge in [0.2, 0.25) is 0 Å². The van der Waals surface area contributed by atoms with Gasteiger partial charge in [0.15, 0.2) is 0 Å². The van der Waals surface area contributed by atoms with Gasteiger partial charge < -0.3 is 19.7 Å². The van der Waals surface area contributed by atoms with Gasteiger partial charge >= 0.3 is 6.03 Å². The summed E-state index contributed by atoms with van der Waals surface area (Å²) in [7, 11) is 1.93. The van der Waals surface area contributed by atoms with Gasteiger partial charge in [-0.25, -0.2) is 14.8 Å². The van der Waals surface area contributed by atoms with Crippen molar-refractivity contribution in [2.45, 2.75) is 25.3 Å². The zero-order valence-electron chi connectivity index (χ0n) is 13.4. The molecule has 0 aliphatic carbocycles. The number of nitrogens with zero attached hydrogens (tertiary/aromatic N) is 5. The minimum atomic E-state index is 0.170. The number of aromatic amines is 1. The zero-order valence-corrected chi connectivity index (χ0v) is 13.4. The number of urea groups is 1. The lowest BCUT2D eigenvalue weighted by Crippen LogP contribution is -2.46. The average Bonchev–Trinajstić information content (AvgIpc) is 3.33. The van der Waals surface area contributed by atoms with Gasteiger partial charge in [0.1, 0.15) is 17.8 Å². The first-order chi connectivity index (χ1) is 11.2. The van der Waals surface area contributed by atoms with Gasteiger partial charge in [0.05, 0.1) is 11.4 Å². The van der Waals surface area contributed by atoms with Gasteiger partial charge in [0.25, 0.3) is 0 Å². The molecule has 2 saturated heterocycles. The number of aromatic nitrogens is 3. The van der Waals surface area contributed by atoms with Crippen molar-refractivity contribution in [3.63, 3.8) is 0 Å². The number of nitrogens with one attached hydrogen (secondary N) is 1. The number of likely N-dealkylation sites (N-methyl/N-ethyl adjacent to an activating group) is 1. The van der Waals surface area contributed by atoms with Crippen LogP contribution < -0.4 is 4.90 Å². The van der Waals surface area contributed by atoms with Gasteiger partial charge in [-0.3, -0.25) is 0 Å². The van der Waals surface area contributed by atoms with Crippen molar-refractivity contribution >= 4 is 22.9 Å². The molecular formula is C16H22N6O. The summed E-state index contributed by atoms with van der Waals surface area (Å²) in [6.07, 6.45) is 6.72. The van der Waals surface area contributed by atoms with E-state index in [9.17, 15) is 4.79 Å². The van der Waals surface area contributed by atoms with E-state index < -0.39 is 0 Å². The molecule has 23 heavy (non-hydrogen) atoms. The highest BCUT2D eigenvalue weighted by Crippen LogP contribution is 2.27. The molecule has 0 unspecified atom stereocenters. The van der Waals surface area contributed by atoms with E-state index in [1.54, 1.807) is 6.33 Å². The lowest BCUT2D eigenvalue weighted by atomic mass is 10.2. The fourth-order valence-corrected chi connectivity index (χ4v) is 3.65. The summed E-state index contributed by atoms with van der Waals surface area (Å²) in [6.45, 7) is 3.54. The number of amides is 2. The number of hydrogen-bond acceptors (Lipinski definition) is 4. The third-order valence-electron chi connectivity index (χ3n) is 5.02. The molecule has 0 aromatic carbocycles. The lowest BCUT2D eigenvalue weighted by Gasteiger charge is -2.29. The van der Waals surface area contributed by atoms with Crippen molar-refractivity contribution in [2.24, 2.45) is 0 Å². The summed E-state index contributed by atoms with van der Waals surface area (Å²) in [4.78, 5) is 30.5. The number of fused-ring (bicyclic) bond motifs is 1. The summed E-state index contributed by atoms with van der Waals surface area (Å²) in [6, 6.07) is 2.42. The lowest BCUT2D eigenvalue weighted by molar-refractivity contribution is 0.159. The number of carbonyl (C=O) groups is 1.